The van der Waals surface area contributed by atoms with Crippen LogP contribution in [0.25, 0.3) is 0 Å². The largest absolute Gasteiger partial charge is 0.508 e. The number of phenolic OH excluding ortho intramolecular Hbond substituents is 1. The molecule has 0 amide bonds. The molecule has 35 heteroatoms. The zero-order chi connectivity index (χ0) is 56.2. The Bertz CT molecular complexity index is 3120. The lowest BCUT2D eigenvalue weighted by Gasteiger charge is -2.14. The van der Waals surface area contributed by atoms with E-state index in [0.29, 0.717) is 71.0 Å². The van der Waals surface area contributed by atoms with Crippen LogP contribution in [0.2, 0.25) is 0 Å². The highest BCUT2D eigenvalue weighted by molar-refractivity contribution is 9.11. The van der Waals surface area contributed by atoms with Gasteiger partial charge >= 0.3 is 54.7 Å². The number of halogens is 2. The van der Waals surface area contributed by atoms with Gasteiger partial charge in [-0.3, -0.25) is 14.4 Å². The van der Waals surface area contributed by atoms with E-state index in [1.165, 1.54) is 17.4 Å². The van der Waals surface area contributed by atoms with Gasteiger partial charge in [-0.15, -0.1) is 5.10 Å². The number of hydrogen-bond donors (Lipinski definition) is 4. The number of nitrogens with zero attached hydrogens (tertiary/aromatic N) is 8. The first kappa shape index (κ1) is 60.1. The van der Waals surface area contributed by atoms with E-state index in [-0.39, 0.29) is 59.0 Å². The van der Waals surface area contributed by atoms with Crippen molar-refractivity contribution in [2.45, 2.75) is 79.1 Å². The fraction of sp³-hybridized carbons (Fsp3) is 0.357. The lowest BCUT2D eigenvalue weighted by Crippen LogP contribution is -2.28. The summed E-state index contributed by atoms with van der Waals surface area (Å²) in [6.07, 6.45) is -1.56. The van der Waals surface area contributed by atoms with E-state index in [4.69, 9.17) is 37.6 Å². The van der Waals surface area contributed by atoms with Crippen LogP contribution < -0.4 is 25.9 Å². The number of aromatic hydroxyl groups is 1. The molecular formula is C42H43B3Br2N8O19S3. The Morgan fingerprint density at radius 3 is 1.27 bits per heavy atom. The molecule has 3 aromatic carbocycles. The number of phenols is 1. The van der Waals surface area contributed by atoms with Gasteiger partial charge in [0.05, 0.1) is 62.5 Å². The Balaban J connectivity index is 0.000000175. The monoisotopic (exact) mass is 1250 g/mol. The van der Waals surface area contributed by atoms with E-state index in [1.54, 1.807) is 58.9 Å². The second kappa shape index (κ2) is 27.4. The van der Waals surface area contributed by atoms with Crippen molar-refractivity contribution in [3.8, 4) is 27.6 Å². The molecule has 0 fully saturated rings. The first-order valence-electron chi connectivity index (χ1n) is 22.6. The first-order valence-corrected chi connectivity index (χ1v) is 26.7. The molecule has 27 nitrogen and oxygen atoms in total. The number of ether oxygens (including phenoxy) is 5. The smallest absolute Gasteiger partial charge is 0.492 e. The number of aryl methyl sites for hydroxylation is 3. The van der Waals surface area contributed by atoms with Crippen molar-refractivity contribution in [3.05, 3.63) is 97.8 Å². The van der Waals surface area contributed by atoms with Crippen LogP contribution in [0.15, 0.2) is 44.2 Å². The molecule has 6 heterocycles. The highest BCUT2D eigenvalue weighted by Gasteiger charge is 2.41. The zero-order valence-electron chi connectivity index (χ0n) is 41.1. The minimum Gasteiger partial charge on any atom is -0.508 e. The normalized spacial score (nSPS) is 15.6. The summed E-state index contributed by atoms with van der Waals surface area (Å²) >= 11 is 9.00. The van der Waals surface area contributed by atoms with Crippen LogP contribution in [0.4, 0.5) is 10.3 Å². The number of hydrogen-bond acceptors (Lipinski definition) is 28. The highest BCUT2D eigenvalue weighted by Crippen LogP contribution is 2.37. The van der Waals surface area contributed by atoms with Crippen molar-refractivity contribution in [3.63, 3.8) is 0 Å². The summed E-state index contributed by atoms with van der Waals surface area (Å²) in [5, 5.41) is 81.2. The molecule has 4 N–H and O–H groups in total. The maximum atomic E-state index is 11.7. The highest BCUT2D eigenvalue weighted by atomic mass is 79.9. The molecule has 3 atom stereocenters. The number of rotatable bonds is 15. The summed E-state index contributed by atoms with van der Waals surface area (Å²) < 4.78 is 43.2. The van der Waals surface area contributed by atoms with Gasteiger partial charge in [0, 0.05) is 16.4 Å². The topological polar surface area (TPSA) is 370 Å². The number of fused-ring (bicyclic) bond motifs is 3. The summed E-state index contributed by atoms with van der Waals surface area (Å²) in [5.74, 6) is -0.221. The van der Waals surface area contributed by atoms with Crippen LogP contribution in [-0.2, 0) is 42.6 Å². The molecule has 9 rings (SSSR count). The maximum absolute atomic E-state index is 11.7. The quantitative estimate of drug-likeness (QED) is 0.0346. The summed E-state index contributed by atoms with van der Waals surface area (Å²) in [6.45, 7) is 11.5. The third-order valence-corrected chi connectivity index (χ3v) is 14.0. The van der Waals surface area contributed by atoms with E-state index in [2.05, 4.69) is 62.5 Å². The summed E-state index contributed by atoms with van der Waals surface area (Å²) in [6, 6.07) is 9.76. The van der Waals surface area contributed by atoms with Gasteiger partial charge in [0.15, 0.2) is 3.92 Å². The molecule has 6 aromatic rings. The molecule has 0 saturated carbocycles. The zero-order valence-corrected chi connectivity index (χ0v) is 46.8. The van der Waals surface area contributed by atoms with E-state index in [9.17, 15) is 54.8 Å². The van der Waals surface area contributed by atoms with Crippen molar-refractivity contribution in [2.75, 3.05) is 19.8 Å². The van der Waals surface area contributed by atoms with E-state index < -0.39 is 55.5 Å². The van der Waals surface area contributed by atoms with E-state index >= 15 is 0 Å². The Morgan fingerprint density at radius 1 is 0.571 bits per heavy atom. The fourth-order valence-corrected chi connectivity index (χ4v) is 10.3. The third kappa shape index (κ3) is 16.0. The van der Waals surface area contributed by atoms with Gasteiger partial charge in [0.2, 0.25) is 3.92 Å². The summed E-state index contributed by atoms with van der Waals surface area (Å²) in [4.78, 5) is 54.2. The molecular weight excluding hydrogens is 1210 g/mol. The molecule has 3 aromatic heterocycles. The lowest BCUT2D eigenvalue weighted by molar-refractivity contribution is -0.385. The summed E-state index contributed by atoms with van der Waals surface area (Å²) in [7, 11) is -3.43. The van der Waals surface area contributed by atoms with Crippen LogP contribution in [0, 0.1) is 41.0 Å². The van der Waals surface area contributed by atoms with Gasteiger partial charge in [-0.2, -0.15) is 0 Å². The average Bonchev–Trinajstić information content (AvgIpc) is 4.23. The number of benzene rings is 3. The van der Waals surface area contributed by atoms with Crippen molar-refractivity contribution in [2.24, 2.45) is 0 Å². The Kier molecular flexibility index (Phi) is 21.4. The van der Waals surface area contributed by atoms with Crippen LogP contribution in [-0.4, -0.2) is 120 Å². The number of esters is 3. The van der Waals surface area contributed by atoms with Gasteiger partial charge in [0.1, 0.15) is 22.3 Å². The molecule has 0 spiro atoms. The number of nitro groups is 2. The molecule has 3 unspecified atom stereocenters. The molecule has 406 valence electrons. The third-order valence-electron chi connectivity index (χ3n) is 10.7. The van der Waals surface area contributed by atoms with Gasteiger partial charge in [-0.25, -0.2) is 0 Å². The van der Waals surface area contributed by atoms with Crippen LogP contribution >= 0.6 is 65.9 Å². The first-order chi connectivity index (χ1) is 36.6. The Hall–Kier alpha value is -6.14. The van der Waals surface area contributed by atoms with Gasteiger partial charge < -0.3 is 78.1 Å². The molecule has 3 aliphatic heterocycles. The van der Waals surface area contributed by atoms with E-state index in [1.807, 2.05) is 13.0 Å². The minimum atomic E-state index is -1.21. The molecule has 0 aliphatic carbocycles. The SMILES string of the molecule is CCOC(=O)CC1OB(O)c2cc(O)cc(C)c21.CCOC(=O)CC1OB(O)c2cc(Oc3nnc(Br)s3)cc(C)c21.CCOC(=O)CC1OB(O)c2cc(Oc3nnc([N+](=O)[O-])s3)cc(C)c21.O=[N+]([O-])c1nnc(Br)s1. The lowest BCUT2D eigenvalue weighted by atomic mass is 9.77. The predicted octanol–water partition coefficient (Wildman–Crippen LogP) is 4.99. The van der Waals surface area contributed by atoms with Crippen LogP contribution in [0.5, 0.6) is 27.6 Å². The molecule has 3 aliphatic rings. The molecule has 0 saturated heterocycles. The van der Waals surface area contributed by atoms with Crippen molar-refractivity contribution < 1.29 is 82.1 Å². The van der Waals surface area contributed by atoms with Crippen molar-refractivity contribution >= 4 is 132 Å². The number of carbonyl (C=O) groups is 3. The second-order valence-electron chi connectivity index (χ2n) is 15.9. The standard InChI is InChI=1S/C14H14BBrN2O5S.C14H14BN3O7S.C12H15BO5.C2BrN3O2S/c1-3-21-11(19)6-10-12-7(2)4-8(5-9(12)15(20)23-10)22-14-18-17-13(16)24-14;1-3-23-11(19)6-10-12-7(2)4-8(5-9(12)15(20)25-10)24-14-17-16-13(26-14)18(21)22;1-3-17-11(15)6-10-12-7(2)4-8(14)5-9(12)13(16)18-10;3-1-4-5-2(9-1)6(7)8/h4-5,10,20H,3,6H2,1-2H3;4-5,10,20H,3,6H2,1-2H3;4-5,10,14,16H,3,6H2,1-2H3;. The Morgan fingerprint density at radius 2 is 0.922 bits per heavy atom. The predicted molar refractivity (Wildman–Crippen MR) is 282 cm³/mol. The second-order valence-corrected chi connectivity index (χ2v) is 21.3. The van der Waals surface area contributed by atoms with Crippen LogP contribution in [0.1, 0.15) is 91.7 Å². The maximum Gasteiger partial charge on any atom is 0.492 e. The molecule has 0 radical (unpaired) electrons. The Labute approximate surface area is 466 Å². The fourth-order valence-electron chi connectivity index (χ4n) is 7.92. The van der Waals surface area contributed by atoms with Crippen molar-refractivity contribution in [1.29, 1.82) is 0 Å². The van der Waals surface area contributed by atoms with Gasteiger partial charge in [-0.1, -0.05) is 5.10 Å². The average molecular weight is 1250 g/mol. The van der Waals surface area contributed by atoms with Crippen molar-refractivity contribution in [1.82, 2.24) is 30.6 Å². The number of carbonyl (C=O) groups excluding carboxylic acids is 3. The van der Waals surface area contributed by atoms with Crippen LogP contribution in [0.3, 0.4) is 0 Å². The minimum absolute atomic E-state index is 0.00697. The number of aromatic nitrogens is 6. The molecule has 0 bridgehead atoms. The molecule has 77 heavy (non-hydrogen) atoms. The summed E-state index contributed by atoms with van der Waals surface area (Å²) in [5.41, 5.74) is 6.20. The van der Waals surface area contributed by atoms with Gasteiger partial charge in [-0.05, 0) is 197 Å². The van der Waals surface area contributed by atoms with E-state index in [0.717, 1.165) is 39.2 Å². The van der Waals surface area contributed by atoms with Gasteiger partial charge in [0.25, 0.3) is 5.19 Å².